The summed E-state index contributed by atoms with van der Waals surface area (Å²) in [5, 5.41) is 2.61. The number of nitrogens with zero attached hydrogens (tertiary/aromatic N) is 1. The molecular formula is C9H12N3O2+. The molecule has 2 N–H and O–H groups in total. The van der Waals surface area contributed by atoms with Gasteiger partial charge in [0.15, 0.2) is 6.20 Å². The van der Waals surface area contributed by atoms with Crippen LogP contribution in [0, 0.1) is 0 Å². The van der Waals surface area contributed by atoms with Crippen LogP contribution in [-0.2, 0) is 9.59 Å². The van der Waals surface area contributed by atoms with Crippen molar-refractivity contribution in [2.45, 2.75) is 13.8 Å². The fraction of sp³-hybridized carbons (Fsp3) is 0.222. The van der Waals surface area contributed by atoms with Crippen molar-refractivity contribution < 1.29 is 14.3 Å². The average Bonchev–Trinajstić information content (AvgIpc) is 2.01. The Hall–Kier alpha value is -1.91. The van der Waals surface area contributed by atoms with Gasteiger partial charge in [-0.25, -0.2) is 0 Å². The van der Waals surface area contributed by atoms with Gasteiger partial charge in [-0.15, -0.1) is 5.43 Å². The van der Waals surface area contributed by atoms with Crippen LogP contribution in [0.1, 0.15) is 13.8 Å². The SMILES string of the molecule is CC(=O)Nc1ccc[n+](NC(C)=O)c1. The molecule has 0 unspecified atom stereocenters. The maximum absolute atomic E-state index is 10.7. The first-order chi connectivity index (χ1) is 6.58. The number of rotatable bonds is 2. The second-order valence-corrected chi connectivity index (χ2v) is 2.85. The van der Waals surface area contributed by atoms with Crippen LogP contribution in [0.4, 0.5) is 5.69 Å². The van der Waals surface area contributed by atoms with Crippen molar-refractivity contribution in [3.8, 4) is 0 Å². The van der Waals surface area contributed by atoms with Gasteiger partial charge in [-0.1, -0.05) is 4.68 Å². The molecule has 2 amide bonds. The monoisotopic (exact) mass is 194 g/mol. The Morgan fingerprint density at radius 1 is 1.29 bits per heavy atom. The maximum atomic E-state index is 10.7. The van der Waals surface area contributed by atoms with Gasteiger partial charge in [0, 0.05) is 19.9 Å². The Morgan fingerprint density at radius 2 is 2.00 bits per heavy atom. The second kappa shape index (κ2) is 4.36. The Morgan fingerprint density at radius 3 is 2.57 bits per heavy atom. The zero-order valence-electron chi connectivity index (χ0n) is 8.07. The van der Waals surface area contributed by atoms with E-state index in [1.807, 2.05) is 0 Å². The van der Waals surface area contributed by atoms with E-state index in [1.54, 1.807) is 24.5 Å². The van der Waals surface area contributed by atoms with Crippen molar-refractivity contribution >= 4 is 17.5 Å². The van der Waals surface area contributed by atoms with Crippen LogP contribution in [0.15, 0.2) is 24.5 Å². The lowest BCUT2D eigenvalue weighted by atomic mass is 10.4. The molecule has 0 atom stereocenters. The van der Waals surface area contributed by atoms with Gasteiger partial charge in [0.2, 0.25) is 12.1 Å². The molecule has 0 aromatic carbocycles. The summed E-state index contributed by atoms with van der Waals surface area (Å²) in [5.74, 6) is -0.319. The van der Waals surface area contributed by atoms with Gasteiger partial charge in [0.1, 0.15) is 5.69 Å². The number of hydrogen-bond acceptors (Lipinski definition) is 2. The molecule has 0 aliphatic rings. The molecule has 0 bridgehead atoms. The van der Waals surface area contributed by atoms with Crippen molar-refractivity contribution in [3.05, 3.63) is 24.5 Å². The molecule has 1 aromatic heterocycles. The highest BCUT2D eigenvalue weighted by Gasteiger charge is 2.04. The first-order valence-electron chi connectivity index (χ1n) is 4.14. The molecule has 0 spiro atoms. The van der Waals surface area contributed by atoms with Gasteiger partial charge in [-0.2, -0.15) is 0 Å². The van der Waals surface area contributed by atoms with Gasteiger partial charge in [-0.05, 0) is 6.07 Å². The quantitative estimate of drug-likeness (QED) is 0.652. The van der Waals surface area contributed by atoms with Crippen molar-refractivity contribution in [2.75, 3.05) is 10.7 Å². The van der Waals surface area contributed by atoms with E-state index in [-0.39, 0.29) is 11.8 Å². The lowest BCUT2D eigenvalue weighted by Crippen LogP contribution is -2.47. The molecule has 0 aliphatic heterocycles. The van der Waals surface area contributed by atoms with Crippen LogP contribution in [0.25, 0.3) is 0 Å². The van der Waals surface area contributed by atoms with Crippen LogP contribution >= 0.6 is 0 Å². The van der Waals surface area contributed by atoms with Gasteiger partial charge in [0.05, 0.1) is 0 Å². The van der Waals surface area contributed by atoms with E-state index in [0.29, 0.717) is 5.69 Å². The molecule has 14 heavy (non-hydrogen) atoms. The van der Waals surface area contributed by atoms with Crippen molar-refractivity contribution in [2.24, 2.45) is 0 Å². The normalized spacial score (nSPS) is 9.29. The molecule has 1 aromatic rings. The minimum absolute atomic E-state index is 0.148. The first kappa shape index (κ1) is 10.2. The van der Waals surface area contributed by atoms with E-state index < -0.39 is 0 Å². The fourth-order valence-electron chi connectivity index (χ4n) is 1.00. The molecule has 74 valence electrons. The number of amides is 2. The molecule has 0 radical (unpaired) electrons. The summed E-state index contributed by atoms with van der Waals surface area (Å²) in [5.41, 5.74) is 3.18. The number of pyridine rings is 1. The van der Waals surface area contributed by atoms with E-state index in [1.165, 1.54) is 18.5 Å². The minimum Gasteiger partial charge on any atom is -0.321 e. The minimum atomic E-state index is -0.171. The first-order valence-corrected chi connectivity index (χ1v) is 4.14. The summed E-state index contributed by atoms with van der Waals surface area (Å²) in [7, 11) is 0. The second-order valence-electron chi connectivity index (χ2n) is 2.85. The third-order valence-electron chi connectivity index (χ3n) is 1.41. The molecule has 1 heterocycles. The van der Waals surface area contributed by atoms with E-state index in [9.17, 15) is 9.59 Å². The Balaban J connectivity index is 2.78. The van der Waals surface area contributed by atoms with Crippen LogP contribution in [0.3, 0.4) is 0 Å². The fourth-order valence-corrected chi connectivity index (χ4v) is 1.00. The van der Waals surface area contributed by atoms with Crippen LogP contribution in [0.5, 0.6) is 0 Å². The van der Waals surface area contributed by atoms with Crippen LogP contribution < -0.4 is 15.4 Å². The zero-order valence-corrected chi connectivity index (χ0v) is 8.07. The summed E-state index contributed by atoms with van der Waals surface area (Å²) in [6.07, 6.45) is 3.29. The predicted octanol–water partition coefficient (Wildman–Crippen LogP) is 0.0225. The van der Waals surface area contributed by atoms with E-state index >= 15 is 0 Å². The lowest BCUT2D eigenvalue weighted by Gasteiger charge is -1.99. The number of anilines is 1. The molecule has 0 saturated heterocycles. The molecule has 5 nitrogen and oxygen atoms in total. The van der Waals surface area contributed by atoms with Crippen molar-refractivity contribution in [3.63, 3.8) is 0 Å². The predicted molar refractivity (Wildman–Crippen MR) is 51.0 cm³/mol. The van der Waals surface area contributed by atoms with Crippen molar-refractivity contribution in [1.82, 2.24) is 0 Å². The Labute approximate surface area is 81.7 Å². The molecule has 0 aliphatic carbocycles. The van der Waals surface area contributed by atoms with E-state index in [0.717, 1.165) is 0 Å². The maximum Gasteiger partial charge on any atom is 0.271 e. The van der Waals surface area contributed by atoms with Crippen LogP contribution in [0.2, 0.25) is 0 Å². The summed E-state index contributed by atoms with van der Waals surface area (Å²) >= 11 is 0. The van der Waals surface area contributed by atoms with Gasteiger partial charge in [-0.3, -0.25) is 9.59 Å². The number of aromatic nitrogens is 1. The summed E-state index contributed by atoms with van der Waals surface area (Å²) in [6, 6.07) is 3.46. The Bertz CT molecular complexity index is 332. The molecule has 0 saturated carbocycles. The van der Waals surface area contributed by atoms with Crippen molar-refractivity contribution in [1.29, 1.82) is 0 Å². The average molecular weight is 194 g/mol. The van der Waals surface area contributed by atoms with Gasteiger partial charge in [0.25, 0.3) is 5.91 Å². The van der Waals surface area contributed by atoms with Gasteiger partial charge < -0.3 is 5.32 Å². The number of nitrogens with one attached hydrogen (secondary N) is 2. The number of carbonyl (C=O) groups is 2. The number of carbonyl (C=O) groups excluding carboxylic acids is 2. The molecular weight excluding hydrogens is 182 g/mol. The van der Waals surface area contributed by atoms with E-state index in [2.05, 4.69) is 10.7 Å². The smallest absolute Gasteiger partial charge is 0.271 e. The zero-order chi connectivity index (χ0) is 10.6. The highest BCUT2D eigenvalue weighted by Crippen LogP contribution is 2.00. The Kier molecular flexibility index (Phi) is 3.17. The van der Waals surface area contributed by atoms with Gasteiger partial charge >= 0.3 is 0 Å². The van der Waals surface area contributed by atoms with E-state index in [4.69, 9.17) is 0 Å². The third kappa shape index (κ3) is 3.22. The summed E-state index contributed by atoms with van der Waals surface area (Å²) < 4.78 is 1.48. The highest BCUT2D eigenvalue weighted by molar-refractivity contribution is 5.88. The topological polar surface area (TPSA) is 62.1 Å². The largest absolute Gasteiger partial charge is 0.321 e. The highest BCUT2D eigenvalue weighted by atomic mass is 16.2. The molecule has 1 rings (SSSR count). The molecule has 0 fully saturated rings. The standard InChI is InChI=1S/C9H11N3O2/c1-7(13)10-9-4-3-5-12(6-9)11-8(2)14/h3-6H,1-2H3,(H-,10,11,13,14)/p+1. The third-order valence-corrected chi connectivity index (χ3v) is 1.41. The summed E-state index contributed by atoms with van der Waals surface area (Å²) in [6.45, 7) is 2.84. The number of hydrogen-bond donors (Lipinski definition) is 2. The summed E-state index contributed by atoms with van der Waals surface area (Å²) in [4.78, 5) is 21.5. The molecule has 5 heteroatoms. The van der Waals surface area contributed by atoms with Crippen LogP contribution in [-0.4, -0.2) is 11.8 Å². The lowest BCUT2D eigenvalue weighted by molar-refractivity contribution is -0.641.